The van der Waals surface area contributed by atoms with Gasteiger partial charge in [0.25, 0.3) is 0 Å². The molecule has 26 heavy (non-hydrogen) atoms. The Labute approximate surface area is 154 Å². The maximum atomic E-state index is 5.44. The Morgan fingerprint density at radius 2 is 1.88 bits per heavy atom. The molecule has 1 aromatic carbocycles. The number of rotatable bonds is 8. The van der Waals surface area contributed by atoms with E-state index in [1.54, 1.807) is 27.5 Å². The molecule has 7 heteroatoms. The van der Waals surface area contributed by atoms with Crippen LogP contribution in [0, 0.1) is 0 Å². The zero-order valence-electron chi connectivity index (χ0n) is 15.6. The Morgan fingerprint density at radius 3 is 2.62 bits per heavy atom. The van der Waals surface area contributed by atoms with Crippen LogP contribution in [0.4, 0.5) is 11.8 Å². The van der Waals surface area contributed by atoms with Crippen LogP contribution in [0.2, 0.25) is 0 Å². The molecule has 1 aromatic heterocycles. The van der Waals surface area contributed by atoms with Gasteiger partial charge in [0.15, 0.2) is 11.5 Å². The number of hydrogen-bond donors (Lipinski definition) is 1. The third-order valence-electron chi connectivity index (χ3n) is 4.49. The molecular weight excluding hydrogens is 332 g/mol. The molecule has 0 saturated carbocycles. The summed E-state index contributed by atoms with van der Waals surface area (Å²) in [5.74, 6) is 3.12. The lowest BCUT2D eigenvalue weighted by Gasteiger charge is -2.30. The molecule has 0 bridgehead atoms. The largest absolute Gasteiger partial charge is 0.493 e. The molecule has 0 fully saturated rings. The fourth-order valence-corrected chi connectivity index (χ4v) is 3.11. The summed E-state index contributed by atoms with van der Waals surface area (Å²) >= 11 is 0. The van der Waals surface area contributed by atoms with Crippen molar-refractivity contribution in [1.29, 1.82) is 0 Å². The first-order valence-corrected chi connectivity index (χ1v) is 8.79. The van der Waals surface area contributed by atoms with Gasteiger partial charge in [-0.25, -0.2) is 4.98 Å². The van der Waals surface area contributed by atoms with E-state index in [0.717, 1.165) is 56.4 Å². The van der Waals surface area contributed by atoms with Crippen LogP contribution in [0.3, 0.4) is 0 Å². The van der Waals surface area contributed by atoms with Gasteiger partial charge < -0.3 is 24.4 Å². The van der Waals surface area contributed by atoms with Crippen molar-refractivity contribution in [1.82, 2.24) is 9.97 Å². The average molecular weight is 358 g/mol. The normalized spacial score (nSPS) is 13.3. The van der Waals surface area contributed by atoms with Gasteiger partial charge in [-0.05, 0) is 42.2 Å². The first-order chi connectivity index (χ1) is 12.7. The van der Waals surface area contributed by atoms with Crippen molar-refractivity contribution in [2.75, 3.05) is 51.2 Å². The summed E-state index contributed by atoms with van der Waals surface area (Å²) in [6.07, 6.45) is 3.66. The summed E-state index contributed by atoms with van der Waals surface area (Å²) in [5.41, 5.74) is 2.54. The lowest BCUT2D eigenvalue weighted by molar-refractivity contribution is 0.197. The van der Waals surface area contributed by atoms with Crippen LogP contribution < -0.4 is 19.7 Å². The number of nitrogens with one attached hydrogen (secondary N) is 1. The number of aromatic nitrogens is 2. The van der Waals surface area contributed by atoms with Gasteiger partial charge in [-0.2, -0.15) is 4.98 Å². The minimum absolute atomic E-state index is 0.650. The monoisotopic (exact) mass is 358 g/mol. The zero-order chi connectivity index (χ0) is 18.4. The van der Waals surface area contributed by atoms with Crippen molar-refractivity contribution < 1.29 is 14.2 Å². The van der Waals surface area contributed by atoms with Gasteiger partial charge in [0.2, 0.25) is 5.95 Å². The minimum Gasteiger partial charge on any atom is -0.493 e. The third-order valence-corrected chi connectivity index (χ3v) is 4.49. The topological polar surface area (TPSA) is 68.7 Å². The summed E-state index contributed by atoms with van der Waals surface area (Å²) in [6, 6.07) is 6.09. The molecule has 140 valence electrons. The second-order valence-corrected chi connectivity index (χ2v) is 6.16. The number of benzene rings is 1. The fraction of sp³-hybridized carbons (Fsp3) is 0.474. The highest BCUT2D eigenvalue weighted by molar-refractivity contribution is 5.52. The van der Waals surface area contributed by atoms with E-state index >= 15 is 0 Å². The molecule has 1 aliphatic heterocycles. The number of nitrogens with zero attached hydrogens (tertiary/aromatic N) is 3. The quantitative estimate of drug-likeness (QED) is 0.727. The first kappa shape index (κ1) is 18.3. The maximum absolute atomic E-state index is 5.44. The number of anilines is 2. The highest BCUT2D eigenvalue weighted by Gasteiger charge is 2.20. The lowest BCUT2D eigenvalue weighted by Crippen LogP contribution is -2.31. The Morgan fingerprint density at radius 1 is 1.12 bits per heavy atom. The molecular formula is C19H26N4O3. The fourth-order valence-electron chi connectivity index (χ4n) is 3.11. The van der Waals surface area contributed by atoms with Gasteiger partial charge in [-0.15, -0.1) is 0 Å². The number of methoxy groups -OCH3 is 3. The Kier molecular flexibility index (Phi) is 6.12. The predicted molar refractivity (Wildman–Crippen MR) is 101 cm³/mol. The lowest BCUT2D eigenvalue weighted by atomic mass is 9.99. The zero-order valence-corrected chi connectivity index (χ0v) is 15.6. The van der Waals surface area contributed by atoms with Crippen LogP contribution in [-0.4, -0.2) is 51.0 Å². The van der Waals surface area contributed by atoms with E-state index in [-0.39, 0.29) is 0 Å². The van der Waals surface area contributed by atoms with Crippen LogP contribution in [0.25, 0.3) is 0 Å². The van der Waals surface area contributed by atoms with Crippen molar-refractivity contribution in [3.63, 3.8) is 0 Å². The molecule has 7 nitrogen and oxygen atoms in total. The van der Waals surface area contributed by atoms with Crippen LogP contribution in [0.1, 0.15) is 17.5 Å². The SMILES string of the molecule is COCCCNc1nccc(N2CCc3cc(OC)c(OC)cc3C2)n1. The number of fused-ring (bicyclic) bond motifs is 1. The van der Waals surface area contributed by atoms with E-state index in [1.165, 1.54) is 11.1 Å². The van der Waals surface area contributed by atoms with Crippen molar-refractivity contribution in [3.05, 3.63) is 35.5 Å². The Hall–Kier alpha value is -2.54. The van der Waals surface area contributed by atoms with Gasteiger partial charge in [-0.1, -0.05) is 0 Å². The van der Waals surface area contributed by atoms with Gasteiger partial charge in [0.1, 0.15) is 5.82 Å². The number of hydrogen-bond acceptors (Lipinski definition) is 7. The molecule has 0 atom stereocenters. The molecule has 0 spiro atoms. The Balaban J connectivity index is 1.72. The van der Waals surface area contributed by atoms with Crippen molar-refractivity contribution in [2.24, 2.45) is 0 Å². The van der Waals surface area contributed by atoms with Gasteiger partial charge in [0, 0.05) is 39.5 Å². The van der Waals surface area contributed by atoms with Gasteiger partial charge in [0.05, 0.1) is 14.2 Å². The highest BCUT2D eigenvalue weighted by atomic mass is 16.5. The van der Waals surface area contributed by atoms with E-state index in [1.807, 2.05) is 6.07 Å². The Bertz CT molecular complexity index is 739. The summed E-state index contributed by atoms with van der Waals surface area (Å²) in [5, 5.41) is 3.25. The molecule has 2 aromatic rings. The summed E-state index contributed by atoms with van der Waals surface area (Å²) in [7, 11) is 5.04. The molecule has 2 heterocycles. The molecule has 0 aliphatic carbocycles. The maximum Gasteiger partial charge on any atom is 0.224 e. The van der Waals surface area contributed by atoms with E-state index in [0.29, 0.717) is 5.95 Å². The molecule has 1 N–H and O–H groups in total. The van der Waals surface area contributed by atoms with E-state index < -0.39 is 0 Å². The molecule has 0 radical (unpaired) electrons. The second kappa shape index (κ2) is 8.71. The van der Waals surface area contributed by atoms with Crippen LogP contribution in [0.5, 0.6) is 11.5 Å². The van der Waals surface area contributed by atoms with Gasteiger partial charge >= 0.3 is 0 Å². The van der Waals surface area contributed by atoms with Crippen molar-refractivity contribution in [2.45, 2.75) is 19.4 Å². The van der Waals surface area contributed by atoms with Crippen LogP contribution in [-0.2, 0) is 17.7 Å². The molecule has 0 amide bonds. The number of ether oxygens (including phenoxy) is 3. The third kappa shape index (κ3) is 4.16. The first-order valence-electron chi connectivity index (χ1n) is 8.79. The summed E-state index contributed by atoms with van der Waals surface area (Å²) < 4.78 is 15.9. The second-order valence-electron chi connectivity index (χ2n) is 6.16. The van der Waals surface area contributed by atoms with E-state index in [4.69, 9.17) is 14.2 Å². The average Bonchev–Trinajstić information content (AvgIpc) is 2.70. The van der Waals surface area contributed by atoms with Gasteiger partial charge in [-0.3, -0.25) is 0 Å². The molecule has 3 rings (SSSR count). The predicted octanol–water partition coefficient (Wildman–Crippen LogP) is 2.50. The van der Waals surface area contributed by atoms with Crippen molar-refractivity contribution >= 4 is 11.8 Å². The minimum atomic E-state index is 0.650. The van der Waals surface area contributed by atoms with Crippen LogP contribution in [0.15, 0.2) is 24.4 Å². The smallest absolute Gasteiger partial charge is 0.224 e. The molecule has 0 unspecified atom stereocenters. The summed E-state index contributed by atoms with van der Waals surface area (Å²) in [4.78, 5) is 11.2. The van der Waals surface area contributed by atoms with Crippen LogP contribution >= 0.6 is 0 Å². The van der Waals surface area contributed by atoms with E-state index in [9.17, 15) is 0 Å². The van der Waals surface area contributed by atoms with E-state index in [2.05, 4.69) is 32.3 Å². The standard InChI is InChI=1S/C19H26N4O3/c1-24-10-4-7-20-19-21-8-5-18(22-19)23-9-6-14-11-16(25-2)17(26-3)12-15(14)13-23/h5,8,11-12H,4,6-7,9-10,13H2,1-3H3,(H,20,21,22). The highest BCUT2D eigenvalue weighted by Crippen LogP contribution is 2.34. The summed E-state index contributed by atoms with van der Waals surface area (Å²) in [6.45, 7) is 3.20. The molecule has 0 saturated heterocycles. The van der Waals surface area contributed by atoms with Crippen molar-refractivity contribution in [3.8, 4) is 11.5 Å². The molecule has 1 aliphatic rings.